The van der Waals surface area contributed by atoms with E-state index in [1.54, 1.807) is 35.5 Å². The fourth-order valence-corrected chi connectivity index (χ4v) is 4.60. The van der Waals surface area contributed by atoms with E-state index in [-0.39, 0.29) is 6.61 Å². The molecule has 0 atom stereocenters. The first-order chi connectivity index (χ1) is 13.3. The molecule has 0 N–H and O–H groups in total. The van der Waals surface area contributed by atoms with Crippen LogP contribution < -0.4 is 4.74 Å². The van der Waals surface area contributed by atoms with Gasteiger partial charge in [-0.15, -0.1) is 16.4 Å². The number of ether oxygens (including phenoxy) is 1. The summed E-state index contributed by atoms with van der Waals surface area (Å²) in [5.74, 6) is 1.40. The maximum absolute atomic E-state index is 5.38. The molecule has 27 heavy (non-hydrogen) atoms. The second-order valence-electron chi connectivity index (χ2n) is 6.36. The van der Waals surface area contributed by atoms with Gasteiger partial charge in [-0.25, -0.2) is 14.5 Å². The van der Waals surface area contributed by atoms with E-state index in [9.17, 15) is 0 Å². The zero-order chi connectivity index (χ0) is 18.2. The lowest BCUT2D eigenvalue weighted by atomic mass is 10.2. The minimum Gasteiger partial charge on any atom is -0.497 e. The number of rotatable bonds is 5. The highest BCUT2D eigenvalue weighted by Gasteiger charge is 2.21. The Morgan fingerprint density at radius 2 is 2.15 bits per heavy atom. The molecule has 0 unspecified atom stereocenters. The van der Waals surface area contributed by atoms with E-state index in [0.29, 0.717) is 5.82 Å². The molecule has 7 nitrogen and oxygen atoms in total. The first-order valence-electron chi connectivity index (χ1n) is 8.76. The Bertz CT molecular complexity index is 1150. The number of oxime groups is 1. The lowest BCUT2D eigenvalue weighted by Gasteiger charge is -1.98. The van der Waals surface area contributed by atoms with Crippen molar-refractivity contribution in [3.63, 3.8) is 0 Å². The van der Waals surface area contributed by atoms with Crippen molar-refractivity contribution in [3.05, 3.63) is 52.4 Å². The minimum atomic E-state index is 0.210. The number of nitrogens with zero attached hydrogens (tertiary/aromatic N) is 5. The molecule has 0 radical (unpaired) electrons. The SMILES string of the molecule is COc1ccc(/C=N\OCc2nc3c4c5c(sc4ncn3n2)CCC5)cc1. The Morgan fingerprint density at radius 3 is 3.00 bits per heavy atom. The van der Waals surface area contributed by atoms with Crippen molar-refractivity contribution in [2.24, 2.45) is 5.16 Å². The summed E-state index contributed by atoms with van der Waals surface area (Å²) in [7, 11) is 1.64. The summed E-state index contributed by atoms with van der Waals surface area (Å²) in [5, 5.41) is 9.62. The maximum atomic E-state index is 5.38. The molecule has 0 saturated heterocycles. The predicted molar refractivity (Wildman–Crippen MR) is 104 cm³/mol. The van der Waals surface area contributed by atoms with Crippen LogP contribution in [0.3, 0.4) is 0 Å². The second kappa shape index (κ2) is 6.62. The number of fused-ring (bicyclic) bond motifs is 5. The molecule has 8 heteroatoms. The average Bonchev–Trinajstić information content (AvgIpc) is 3.38. The van der Waals surface area contributed by atoms with Gasteiger partial charge < -0.3 is 9.57 Å². The molecule has 0 spiro atoms. The molecule has 1 aromatic carbocycles. The van der Waals surface area contributed by atoms with E-state index < -0.39 is 0 Å². The van der Waals surface area contributed by atoms with Gasteiger partial charge in [0.05, 0.1) is 18.7 Å². The first-order valence-corrected chi connectivity index (χ1v) is 9.57. The molecule has 1 aliphatic rings. The first kappa shape index (κ1) is 16.2. The molecule has 1 aliphatic carbocycles. The van der Waals surface area contributed by atoms with Crippen LogP contribution in [-0.4, -0.2) is 32.9 Å². The summed E-state index contributed by atoms with van der Waals surface area (Å²) in [5.41, 5.74) is 3.18. The molecule has 0 saturated carbocycles. The quantitative estimate of drug-likeness (QED) is 0.393. The number of aryl methyl sites for hydroxylation is 2. The molecule has 5 rings (SSSR count). The Balaban J connectivity index is 1.34. The Labute approximate surface area is 159 Å². The average molecular weight is 379 g/mol. The van der Waals surface area contributed by atoms with Gasteiger partial charge in [0.15, 0.2) is 18.1 Å². The van der Waals surface area contributed by atoms with Crippen molar-refractivity contribution in [2.45, 2.75) is 25.9 Å². The third kappa shape index (κ3) is 2.91. The summed E-state index contributed by atoms with van der Waals surface area (Å²) in [4.78, 5) is 17.1. The van der Waals surface area contributed by atoms with E-state index in [2.05, 4.69) is 20.2 Å². The molecule has 3 heterocycles. The third-order valence-corrected chi connectivity index (χ3v) is 5.87. The molecule has 4 aromatic rings. The van der Waals surface area contributed by atoms with Crippen LogP contribution in [0.25, 0.3) is 15.9 Å². The predicted octanol–water partition coefficient (Wildman–Crippen LogP) is 3.39. The van der Waals surface area contributed by atoms with Crippen molar-refractivity contribution < 1.29 is 9.57 Å². The van der Waals surface area contributed by atoms with Crippen LogP contribution >= 0.6 is 11.3 Å². The standard InChI is InChI=1S/C19H17N5O2S/c1-25-13-7-5-12(6-8-13)9-21-26-10-16-22-18-17-14-3-2-4-15(14)27-19(17)20-11-24(18)23-16/h5-9,11H,2-4,10H2,1H3/b21-9-. The molecule has 136 valence electrons. The highest BCUT2D eigenvalue weighted by molar-refractivity contribution is 7.19. The maximum Gasteiger partial charge on any atom is 0.192 e. The van der Waals surface area contributed by atoms with Gasteiger partial charge in [-0.05, 0) is 54.7 Å². The van der Waals surface area contributed by atoms with Gasteiger partial charge in [0.2, 0.25) is 0 Å². The van der Waals surface area contributed by atoms with Crippen LogP contribution in [0.1, 0.15) is 28.2 Å². The molecule has 3 aromatic heterocycles. The number of methoxy groups -OCH3 is 1. The Morgan fingerprint density at radius 1 is 1.26 bits per heavy atom. The summed E-state index contributed by atoms with van der Waals surface area (Å²) in [6.07, 6.45) is 6.83. The van der Waals surface area contributed by atoms with Gasteiger partial charge >= 0.3 is 0 Å². The topological polar surface area (TPSA) is 73.9 Å². The van der Waals surface area contributed by atoms with Gasteiger partial charge in [-0.1, -0.05) is 5.16 Å². The fraction of sp³-hybridized carbons (Fsp3) is 0.263. The van der Waals surface area contributed by atoms with E-state index in [4.69, 9.17) is 9.57 Å². The van der Waals surface area contributed by atoms with Crippen molar-refractivity contribution in [1.29, 1.82) is 0 Å². The number of benzene rings is 1. The van der Waals surface area contributed by atoms with Crippen molar-refractivity contribution in [2.75, 3.05) is 7.11 Å². The zero-order valence-electron chi connectivity index (χ0n) is 14.8. The minimum absolute atomic E-state index is 0.210. The van der Waals surface area contributed by atoms with Crippen LogP contribution in [0.4, 0.5) is 0 Å². The molecule has 0 amide bonds. The van der Waals surface area contributed by atoms with Gasteiger partial charge in [0, 0.05) is 4.88 Å². The van der Waals surface area contributed by atoms with E-state index in [0.717, 1.165) is 40.0 Å². The largest absolute Gasteiger partial charge is 0.497 e. The zero-order valence-corrected chi connectivity index (χ0v) is 15.6. The monoisotopic (exact) mass is 379 g/mol. The van der Waals surface area contributed by atoms with Gasteiger partial charge in [0.25, 0.3) is 0 Å². The van der Waals surface area contributed by atoms with Crippen LogP contribution in [0.15, 0.2) is 35.7 Å². The highest BCUT2D eigenvalue weighted by atomic mass is 32.1. The third-order valence-electron chi connectivity index (χ3n) is 4.67. The number of thiophene rings is 1. The van der Waals surface area contributed by atoms with E-state index in [1.165, 1.54) is 16.9 Å². The molecule has 0 bridgehead atoms. The summed E-state index contributed by atoms with van der Waals surface area (Å²) < 4.78 is 6.87. The lowest BCUT2D eigenvalue weighted by Crippen LogP contribution is -1.93. The normalized spacial score (nSPS) is 13.7. The van der Waals surface area contributed by atoms with Crippen LogP contribution in [0.5, 0.6) is 5.75 Å². The van der Waals surface area contributed by atoms with Crippen molar-refractivity contribution in [1.82, 2.24) is 19.6 Å². The molecule has 0 aliphatic heterocycles. The van der Waals surface area contributed by atoms with Crippen molar-refractivity contribution >= 4 is 33.4 Å². The Hall–Kier alpha value is -3.00. The summed E-state index contributed by atoms with van der Waals surface area (Å²) in [6.45, 7) is 0.210. The lowest BCUT2D eigenvalue weighted by molar-refractivity contribution is 0.126. The molecular formula is C19H17N5O2S. The number of aromatic nitrogens is 4. The summed E-state index contributed by atoms with van der Waals surface area (Å²) >= 11 is 1.78. The summed E-state index contributed by atoms with van der Waals surface area (Å²) in [6, 6.07) is 7.58. The number of hydrogen-bond donors (Lipinski definition) is 0. The second-order valence-corrected chi connectivity index (χ2v) is 7.44. The van der Waals surface area contributed by atoms with Gasteiger partial charge in [-0.3, -0.25) is 0 Å². The van der Waals surface area contributed by atoms with E-state index >= 15 is 0 Å². The van der Waals surface area contributed by atoms with E-state index in [1.807, 2.05) is 24.3 Å². The van der Waals surface area contributed by atoms with Crippen LogP contribution in [0, 0.1) is 0 Å². The molecular weight excluding hydrogens is 362 g/mol. The van der Waals surface area contributed by atoms with Crippen LogP contribution in [0.2, 0.25) is 0 Å². The smallest absolute Gasteiger partial charge is 0.192 e. The van der Waals surface area contributed by atoms with Crippen molar-refractivity contribution in [3.8, 4) is 5.75 Å². The number of hydrogen-bond acceptors (Lipinski definition) is 7. The highest BCUT2D eigenvalue weighted by Crippen LogP contribution is 2.37. The van der Waals surface area contributed by atoms with Gasteiger partial charge in [-0.2, -0.15) is 0 Å². The molecule has 0 fully saturated rings. The van der Waals surface area contributed by atoms with Gasteiger partial charge in [0.1, 0.15) is 16.9 Å². The fourth-order valence-electron chi connectivity index (χ4n) is 3.38. The van der Waals surface area contributed by atoms with Crippen LogP contribution in [-0.2, 0) is 24.3 Å². The Kier molecular flexibility index (Phi) is 3.97.